The van der Waals surface area contributed by atoms with Crippen LogP contribution in [0.2, 0.25) is 0 Å². The second-order valence-corrected chi connectivity index (χ2v) is 4.83. The number of ether oxygens (including phenoxy) is 2. The van der Waals surface area contributed by atoms with Gasteiger partial charge in [0.15, 0.2) is 0 Å². The molecule has 0 amide bonds. The molecule has 0 saturated carbocycles. The van der Waals surface area contributed by atoms with Crippen molar-refractivity contribution >= 4 is 16.7 Å². The monoisotopic (exact) mass is 293 g/mol. The highest BCUT2D eigenvalue weighted by Crippen LogP contribution is 2.27. The largest absolute Gasteiger partial charge is 0.480 e. The van der Waals surface area contributed by atoms with E-state index in [9.17, 15) is 4.79 Å². The Labute approximate surface area is 128 Å². The van der Waals surface area contributed by atoms with Crippen molar-refractivity contribution < 1.29 is 14.3 Å². The predicted molar refractivity (Wildman–Crippen MR) is 85.1 cm³/mol. The van der Waals surface area contributed by atoms with E-state index >= 15 is 0 Å². The topological polar surface area (TPSA) is 48.4 Å². The second-order valence-electron chi connectivity index (χ2n) is 4.83. The average molecular weight is 293 g/mol. The van der Waals surface area contributed by atoms with Crippen molar-refractivity contribution in [2.45, 2.75) is 0 Å². The van der Waals surface area contributed by atoms with E-state index in [4.69, 9.17) is 9.47 Å². The molecule has 3 aromatic rings. The first-order valence-electron chi connectivity index (χ1n) is 6.84. The van der Waals surface area contributed by atoms with E-state index in [1.807, 2.05) is 24.3 Å². The molecule has 110 valence electrons. The summed E-state index contributed by atoms with van der Waals surface area (Å²) in [7, 11) is 2.81. The Hall–Kier alpha value is -2.88. The van der Waals surface area contributed by atoms with Crippen LogP contribution in [0.5, 0.6) is 5.88 Å². The molecule has 0 bridgehead atoms. The number of pyridine rings is 1. The molecule has 2 aromatic carbocycles. The number of esters is 1. The third-order valence-electron chi connectivity index (χ3n) is 3.53. The standard InChI is InChI=1S/C18H15NO3/c1-21-17-16(18(20)22-2)10-15(11-19-17)14-8-7-12-5-3-4-6-13(12)9-14/h3-11H,1-2H3. The van der Waals surface area contributed by atoms with E-state index < -0.39 is 5.97 Å². The fraction of sp³-hybridized carbons (Fsp3) is 0.111. The Morgan fingerprint density at radius 3 is 2.45 bits per heavy atom. The van der Waals surface area contributed by atoms with E-state index in [-0.39, 0.29) is 5.88 Å². The number of benzene rings is 2. The lowest BCUT2D eigenvalue weighted by Crippen LogP contribution is -2.05. The normalized spacial score (nSPS) is 10.5. The quantitative estimate of drug-likeness (QED) is 0.691. The van der Waals surface area contributed by atoms with Gasteiger partial charge in [-0.2, -0.15) is 0 Å². The smallest absolute Gasteiger partial charge is 0.343 e. The molecule has 4 nitrogen and oxygen atoms in total. The summed E-state index contributed by atoms with van der Waals surface area (Å²) in [6.45, 7) is 0. The lowest BCUT2D eigenvalue weighted by molar-refractivity contribution is 0.0596. The van der Waals surface area contributed by atoms with Crippen molar-refractivity contribution in [1.29, 1.82) is 0 Å². The lowest BCUT2D eigenvalue weighted by atomic mass is 10.0. The van der Waals surface area contributed by atoms with Crippen molar-refractivity contribution in [1.82, 2.24) is 4.98 Å². The van der Waals surface area contributed by atoms with Gasteiger partial charge < -0.3 is 9.47 Å². The van der Waals surface area contributed by atoms with Gasteiger partial charge in [0.2, 0.25) is 5.88 Å². The Balaban J connectivity index is 2.11. The van der Waals surface area contributed by atoms with Crippen LogP contribution < -0.4 is 4.74 Å². The molecule has 0 spiro atoms. The van der Waals surface area contributed by atoms with E-state index in [2.05, 4.69) is 23.2 Å². The maximum atomic E-state index is 11.8. The Morgan fingerprint density at radius 2 is 1.73 bits per heavy atom. The fourth-order valence-electron chi connectivity index (χ4n) is 2.40. The first kappa shape index (κ1) is 14.1. The number of rotatable bonds is 3. The molecule has 1 aromatic heterocycles. The fourth-order valence-corrected chi connectivity index (χ4v) is 2.40. The zero-order valence-corrected chi connectivity index (χ0v) is 12.4. The zero-order valence-electron chi connectivity index (χ0n) is 12.4. The highest BCUT2D eigenvalue weighted by Gasteiger charge is 2.15. The predicted octanol–water partition coefficient (Wildman–Crippen LogP) is 3.70. The lowest BCUT2D eigenvalue weighted by Gasteiger charge is -2.09. The summed E-state index contributed by atoms with van der Waals surface area (Å²) < 4.78 is 9.90. The molecule has 0 atom stereocenters. The Morgan fingerprint density at radius 1 is 0.955 bits per heavy atom. The minimum atomic E-state index is -0.466. The van der Waals surface area contributed by atoms with Gasteiger partial charge in [0.1, 0.15) is 5.56 Å². The summed E-state index contributed by atoms with van der Waals surface area (Å²) in [6.07, 6.45) is 1.69. The third-order valence-corrected chi connectivity index (χ3v) is 3.53. The molecule has 0 saturated heterocycles. The van der Waals surface area contributed by atoms with Crippen LogP contribution >= 0.6 is 0 Å². The molecule has 0 fully saturated rings. The highest BCUT2D eigenvalue weighted by molar-refractivity contribution is 5.94. The van der Waals surface area contributed by atoms with Gasteiger partial charge in [-0.25, -0.2) is 9.78 Å². The van der Waals surface area contributed by atoms with Crippen LogP contribution in [0.3, 0.4) is 0 Å². The zero-order chi connectivity index (χ0) is 15.5. The van der Waals surface area contributed by atoms with Gasteiger partial charge in [-0.15, -0.1) is 0 Å². The first-order valence-corrected chi connectivity index (χ1v) is 6.84. The second kappa shape index (κ2) is 5.85. The molecular formula is C18H15NO3. The molecular weight excluding hydrogens is 278 g/mol. The number of carbonyl (C=O) groups is 1. The van der Waals surface area contributed by atoms with Gasteiger partial charge in [-0.3, -0.25) is 0 Å². The van der Waals surface area contributed by atoms with Crippen LogP contribution in [0.25, 0.3) is 21.9 Å². The summed E-state index contributed by atoms with van der Waals surface area (Å²) in [5.41, 5.74) is 2.14. The van der Waals surface area contributed by atoms with E-state index in [0.717, 1.165) is 16.5 Å². The summed E-state index contributed by atoms with van der Waals surface area (Å²) >= 11 is 0. The number of hydrogen-bond donors (Lipinski definition) is 0. The molecule has 0 unspecified atom stereocenters. The molecule has 4 heteroatoms. The van der Waals surface area contributed by atoms with Gasteiger partial charge in [-0.1, -0.05) is 36.4 Å². The highest BCUT2D eigenvalue weighted by atomic mass is 16.5. The number of methoxy groups -OCH3 is 2. The molecule has 22 heavy (non-hydrogen) atoms. The summed E-state index contributed by atoms with van der Waals surface area (Å²) in [5, 5.41) is 2.30. The van der Waals surface area contributed by atoms with Crippen LogP contribution in [-0.2, 0) is 4.74 Å². The maximum absolute atomic E-state index is 11.8. The van der Waals surface area contributed by atoms with Crippen LogP contribution in [0.15, 0.2) is 54.7 Å². The van der Waals surface area contributed by atoms with Crippen molar-refractivity contribution in [3.05, 3.63) is 60.3 Å². The third kappa shape index (κ3) is 2.51. The molecule has 0 radical (unpaired) electrons. The molecule has 0 N–H and O–H groups in total. The van der Waals surface area contributed by atoms with E-state index in [1.165, 1.54) is 19.6 Å². The first-order chi connectivity index (χ1) is 10.7. The maximum Gasteiger partial charge on any atom is 0.343 e. The SMILES string of the molecule is COC(=O)c1cc(-c2ccc3ccccc3c2)cnc1OC. The van der Waals surface area contributed by atoms with Crippen LogP contribution in [0.1, 0.15) is 10.4 Å². The van der Waals surface area contributed by atoms with Gasteiger partial charge in [-0.05, 0) is 28.5 Å². The summed E-state index contributed by atoms with van der Waals surface area (Å²) in [5.74, 6) is -0.205. The summed E-state index contributed by atoms with van der Waals surface area (Å²) in [4.78, 5) is 16.0. The van der Waals surface area contributed by atoms with Gasteiger partial charge in [0.05, 0.1) is 14.2 Å². The van der Waals surface area contributed by atoms with E-state index in [0.29, 0.717) is 5.56 Å². The van der Waals surface area contributed by atoms with Crippen LogP contribution in [0, 0.1) is 0 Å². The van der Waals surface area contributed by atoms with Crippen molar-refractivity contribution in [3.8, 4) is 17.0 Å². The van der Waals surface area contributed by atoms with Crippen LogP contribution in [0.4, 0.5) is 0 Å². The van der Waals surface area contributed by atoms with Gasteiger partial charge >= 0.3 is 5.97 Å². The van der Waals surface area contributed by atoms with Gasteiger partial charge in [0, 0.05) is 11.8 Å². The molecule has 3 rings (SSSR count). The van der Waals surface area contributed by atoms with E-state index in [1.54, 1.807) is 12.3 Å². The van der Waals surface area contributed by atoms with Crippen molar-refractivity contribution in [3.63, 3.8) is 0 Å². The number of carbonyl (C=O) groups excluding carboxylic acids is 1. The molecule has 0 aliphatic carbocycles. The van der Waals surface area contributed by atoms with Gasteiger partial charge in [0.25, 0.3) is 0 Å². The molecule has 0 aliphatic rings. The van der Waals surface area contributed by atoms with Crippen molar-refractivity contribution in [2.24, 2.45) is 0 Å². The average Bonchev–Trinajstić information content (AvgIpc) is 2.60. The Kier molecular flexibility index (Phi) is 3.74. The number of fused-ring (bicyclic) bond motifs is 1. The minimum Gasteiger partial charge on any atom is -0.480 e. The Bertz CT molecular complexity index is 843. The molecule has 0 aliphatic heterocycles. The van der Waals surface area contributed by atoms with Crippen molar-refractivity contribution in [2.75, 3.05) is 14.2 Å². The number of hydrogen-bond acceptors (Lipinski definition) is 4. The number of nitrogens with zero attached hydrogens (tertiary/aromatic N) is 1. The number of aromatic nitrogens is 1. The molecule has 1 heterocycles. The van der Waals surface area contributed by atoms with Crippen LogP contribution in [-0.4, -0.2) is 25.2 Å². The minimum absolute atomic E-state index is 0.261. The summed E-state index contributed by atoms with van der Waals surface area (Å²) in [6, 6.07) is 16.0.